The van der Waals surface area contributed by atoms with Crippen molar-refractivity contribution >= 4 is 23.5 Å². The SMILES string of the molecule is COC(Sc1ccccc1)C1(O)CCSCC1. The third kappa shape index (κ3) is 3.41. The molecule has 0 spiro atoms. The first kappa shape index (κ1) is 13.3. The Bertz CT molecular complexity index is 337. The molecule has 0 aromatic heterocycles. The molecule has 17 heavy (non-hydrogen) atoms. The summed E-state index contributed by atoms with van der Waals surface area (Å²) in [6.45, 7) is 0. The maximum Gasteiger partial charge on any atom is 0.135 e. The molecule has 94 valence electrons. The summed E-state index contributed by atoms with van der Waals surface area (Å²) in [6, 6.07) is 10.1. The Morgan fingerprint density at radius 1 is 1.29 bits per heavy atom. The number of methoxy groups -OCH3 is 1. The van der Waals surface area contributed by atoms with Gasteiger partial charge in [-0.1, -0.05) is 30.0 Å². The van der Waals surface area contributed by atoms with Crippen LogP contribution in [0.15, 0.2) is 35.2 Å². The molecule has 2 nitrogen and oxygen atoms in total. The van der Waals surface area contributed by atoms with E-state index in [1.807, 2.05) is 30.0 Å². The third-order valence-corrected chi connectivity index (χ3v) is 5.37. The van der Waals surface area contributed by atoms with Gasteiger partial charge in [0.2, 0.25) is 0 Å². The molecule has 1 saturated heterocycles. The van der Waals surface area contributed by atoms with Crippen LogP contribution in [-0.4, -0.2) is 34.8 Å². The Hall–Kier alpha value is -0.160. The summed E-state index contributed by atoms with van der Waals surface area (Å²) in [4.78, 5) is 1.14. The Morgan fingerprint density at radius 3 is 2.53 bits per heavy atom. The highest BCUT2D eigenvalue weighted by molar-refractivity contribution is 8.00. The standard InChI is InChI=1S/C13H18O2S2/c1-15-12(13(14)7-9-16-10-8-13)17-11-5-3-2-4-6-11/h2-6,12,14H,7-10H2,1H3. The molecule has 1 N–H and O–H groups in total. The predicted molar refractivity (Wildman–Crippen MR) is 74.6 cm³/mol. The summed E-state index contributed by atoms with van der Waals surface area (Å²) in [5.41, 5.74) is -0.855. The van der Waals surface area contributed by atoms with E-state index in [0.29, 0.717) is 0 Å². The Labute approximate surface area is 111 Å². The van der Waals surface area contributed by atoms with E-state index < -0.39 is 5.60 Å². The topological polar surface area (TPSA) is 29.5 Å². The van der Waals surface area contributed by atoms with Crippen molar-refractivity contribution in [2.75, 3.05) is 18.6 Å². The number of benzene rings is 1. The molecule has 2 rings (SSSR count). The summed E-state index contributed by atoms with van der Waals surface area (Å²) >= 11 is 3.52. The van der Waals surface area contributed by atoms with Crippen LogP contribution in [0.2, 0.25) is 0 Å². The van der Waals surface area contributed by atoms with E-state index in [1.54, 1.807) is 18.9 Å². The quantitative estimate of drug-likeness (QED) is 0.673. The molecule has 1 unspecified atom stereocenters. The lowest BCUT2D eigenvalue weighted by molar-refractivity contribution is -0.0551. The molecular formula is C13H18O2S2. The molecule has 1 aromatic rings. The van der Waals surface area contributed by atoms with Gasteiger partial charge in [-0.25, -0.2) is 0 Å². The van der Waals surface area contributed by atoms with E-state index in [0.717, 1.165) is 29.2 Å². The molecule has 0 aliphatic carbocycles. The van der Waals surface area contributed by atoms with E-state index in [-0.39, 0.29) is 5.44 Å². The maximum absolute atomic E-state index is 10.6. The van der Waals surface area contributed by atoms with Gasteiger partial charge in [0.1, 0.15) is 11.0 Å². The molecule has 1 fully saturated rings. The van der Waals surface area contributed by atoms with Crippen molar-refractivity contribution < 1.29 is 9.84 Å². The van der Waals surface area contributed by atoms with Crippen molar-refractivity contribution in [1.82, 2.24) is 0 Å². The highest BCUT2D eigenvalue weighted by Gasteiger charge is 2.39. The molecule has 0 bridgehead atoms. The molecule has 0 amide bonds. The molecule has 1 atom stereocenters. The number of aliphatic hydroxyl groups is 1. The van der Waals surface area contributed by atoms with Gasteiger partial charge < -0.3 is 9.84 Å². The van der Waals surface area contributed by atoms with Crippen LogP contribution in [0.4, 0.5) is 0 Å². The van der Waals surface area contributed by atoms with Crippen LogP contribution in [-0.2, 0) is 4.74 Å². The van der Waals surface area contributed by atoms with Gasteiger partial charge in [0, 0.05) is 12.0 Å². The number of hydrogen-bond donors (Lipinski definition) is 1. The average molecular weight is 270 g/mol. The van der Waals surface area contributed by atoms with E-state index in [4.69, 9.17) is 4.74 Å². The predicted octanol–water partition coefficient (Wildman–Crippen LogP) is 3.01. The number of ether oxygens (including phenoxy) is 1. The monoisotopic (exact) mass is 270 g/mol. The number of hydrogen-bond acceptors (Lipinski definition) is 4. The van der Waals surface area contributed by atoms with Gasteiger partial charge >= 0.3 is 0 Å². The van der Waals surface area contributed by atoms with Crippen LogP contribution < -0.4 is 0 Å². The highest BCUT2D eigenvalue weighted by Crippen LogP contribution is 2.38. The van der Waals surface area contributed by atoms with Crippen LogP contribution in [0.25, 0.3) is 0 Å². The summed E-state index contributed by atoms with van der Waals surface area (Å²) in [5, 5.41) is 10.6. The minimum absolute atomic E-state index is 0.175. The van der Waals surface area contributed by atoms with Crippen LogP contribution in [0.5, 0.6) is 0 Å². The molecule has 1 aromatic carbocycles. The largest absolute Gasteiger partial charge is 0.386 e. The lowest BCUT2D eigenvalue weighted by Gasteiger charge is -2.37. The van der Waals surface area contributed by atoms with Gasteiger partial charge in [0.25, 0.3) is 0 Å². The molecular weight excluding hydrogens is 252 g/mol. The molecule has 1 heterocycles. The fourth-order valence-corrected chi connectivity index (χ4v) is 4.27. The van der Waals surface area contributed by atoms with Crippen molar-refractivity contribution in [1.29, 1.82) is 0 Å². The molecule has 1 aliphatic rings. The second kappa shape index (κ2) is 6.14. The van der Waals surface area contributed by atoms with Crippen molar-refractivity contribution in [2.24, 2.45) is 0 Å². The Balaban J connectivity index is 2.05. The minimum atomic E-state index is -0.680. The van der Waals surface area contributed by atoms with E-state index in [1.165, 1.54) is 0 Å². The molecule has 1 aliphatic heterocycles. The third-order valence-electron chi connectivity index (χ3n) is 3.00. The zero-order chi connectivity index (χ0) is 12.1. The lowest BCUT2D eigenvalue weighted by atomic mass is 9.98. The zero-order valence-corrected chi connectivity index (χ0v) is 11.6. The first-order valence-corrected chi connectivity index (χ1v) is 7.83. The Morgan fingerprint density at radius 2 is 1.94 bits per heavy atom. The summed E-state index contributed by atoms with van der Waals surface area (Å²) in [7, 11) is 1.68. The first-order valence-electron chi connectivity index (χ1n) is 5.79. The van der Waals surface area contributed by atoms with Gasteiger partial charge in [0.05, 0.1) is 0 Å². The van der Waals surface area contributed by atoms with E-state index in [2.05, 4.69) is 12.1 Å². The fourth-order valence-electron chi connectivity index (χ4n) is 1.96. The Kier molecular flexibility index (Phi) is 4.79. The van der Waals surface area contributed by atoms with E-state index in [9.17, 15) is 5.11 Å². The second-order valence-electron chi connectivity index (χ2n) is 4.21. The van der Waals surface area contributed by atoms with Crippen LogP contribution >= 0.6 is 23.5 Å². The van der Waals surface area contributed by atoms with E-state index >= 15 is 0 Å². The van der Waals surface area contributed by atoms with Crippen molar-refractivity contribution in [3.63, 3.8) is 0 Å². The lowest BCUT2D eigenvalue weighted by Crippen LogP contribution is -2.44. The van der Waals surface area contributed by atoms with Gasteiger partial charge in [0.15, 0.2) is 0 Å². The van der Waals surface area contributed by atoms with Crippen molar-refractivity contribution in [2.45, 2.75) is 28.8 Å². The number of thioether (sulfide) groups is 2. The van der Waals surface area contributed by atoms with Crippen LogP contribution in [0.3, 0.4) is 0 Å². The van der Waals surface area contributed by atoms with Crippen molar-refractivity contribution in [3.8, 4) is 0 Å². The molecule has 0 saturated carbocycles. The molecule has 4 heteroatoms. The van der Waals surface area contributed by atoms with Crippen LogP contribution in [0.1, 0.15) is 12.8 Å². The maximum atomic E-state index is 10.6. The smallest absolute Gasteiger partial charge is 0.135 e. The van der Waals surface area contributed by atoms with Gasteiger partial charge in [-0.2, -0.15) is 11.8 Å². The first-order chi connectivity index (χ1) is 8.24. The fraction of sp³-hybridized carbons (Fsp3) is 0.538. The highest BCUT2D eigenvalue weighted by atomic mass is 32.2. The summed E-state index contributed by atoms with van der Waals surface area (Å²) in [6.07, 6.45) is 1.63. The minimum Gasteiger partial charge on any atom is -0.386 e. The summed E-state index contributed by atoms with van der Waals surface area (Å²) < 4.78 is 5.50. The zero-order valence-electron chi connectivity index (χ0n) is 9.96. The van der Waals surface area contributed by atoms with Gasteiger partial charge in [-0.3, -0.25) is 0 Å². The average Bonchev–Trinajstić information content (AvgIpc) is 2.38. The van der Waals surface area contributed by atoms with Crippen molar-refractivity contribution in [3.05, 3.63) is 30.3 Å². The second-order valence-corrected chi connectivity index (χ2v) is 6.57. The molecule has 0 radical (unpaired) electrons. The summed E-state index contributed by atoms with van der Waals surface area (Å²) in [5.74, 6) is 2.04. The van der Waals surface area contributed by atoms with Gasteiger partial charge in [-0.15, -0.1) is 0 Å². The van der Waals surface area contributed by atoms with Crippen LogP contribution in [0, 0.1) is 0 Å². The van der Waals surface area contributed by atoms with Gasteiger partial charge in [-0.05, 0) is 36.5 Å². The normalized spacial score (nSPS) is 21.1. The number of rotatable bonds is 4.